The van der Waals surface area contributed by atoms with Crippen molar-refractivity contribution in [1.29, 1.82) is 0 Å². The van der Waals surface area contributed by atoms with Crippen LogP contribution < -0.4 is 5.32 Å². The molecule has 1 aromatic heterocycles. The molecule has 0 spiro atoms. The van der Waals surface area contributed by atoms with E-state index in [9.17, 15) is 0 Å². The monoisotopic (exact) mass is 194 g/mol. The van der Waals surface area contributed by atoms with Crippen LogP contribution in [0.5, 0.6) is 0 Å². The van der Waals surface area contributed by atoms with Gasteiger partial charge >= 0.3 is 0 Å². The molecule has 0 amide bonds. The molecule has 0 radical (unpaired) electrons. The Hall–Kier alpha value is -1.29. The Morgan fingerprint density at radius 1 is 1.54 bits per heavy atom. The van der Waals surface area contributed by atoms with Gasteiger partial charge in [-0.2, -0.15) is 0 Å². The lowest BCUT2D eigenvalue weighted by atomic mass is 10.1. The van der Waals surface area contributed by atoms with Crippen LogP contribution >= 0.6 is 11.3 Å². The molecule has 1 aliphatic heterocycles. The van der Waals surface area contributed by atoms with E-state index in [1.54, 1.807) is 18.4 Å². The Morgan fingerprint density at radius 2 is 2.46 bits per heavy atom. The number of hydrogen-bond acceptors (Lipinski definition) is 4. The maximum atomic E-state index is 5.04. The second kappa shape index (κ2) is 3.62. The molecular weight excluding hydrogens is 184 g/mol. The van der Waals surface area contributed by atoms with Crippen LogP contribution in [0, 0.1) is 0 Å². The van der Waals surface area contributed by atoms with Gasteiger partial charge < -0.3 is 10.1 Å². The summed E-state index contributed by atoms with van der Waals surface area (Å²) in [5.41, 5.74) is 4.08. The highest BCUT2D eigenvalue weighted by Gasteiger charge is 2.07. The fraction of sp³-hybridized carbons (Fsp3) is 0.222. The summed E-state index contributed by atoms with van der Waals surface area (Å²) >= 11 is 1.61. The molecule has 4 heteroatoms. The Morgan fingerprint density at radius 3 is 3.00 bits per heavy atom. The van der Waals surface area contributed by atoms with E-state index < -0.39 is 0 Å². The van der Waals surface area contributed by atoms with Crippen molar-refractivity contribution < 1.29 is 4.74 Å². The van der Waals surface area contributed by atoms with E-state index in [-0.39, 0.29) is 0 Å². The van der Waals surface area contributed by atoms with E-state index >= 15 is 0 Å². The first-order valence-corrected chi connectivity index (χ1v) is 4.91. The minimum absolute atomic E-state index is 0.781. The van der Waals surface area contributed by atoms with Gasteiger partial charge in [0.1, 0.15) is 0 Å². The van der Waals surface area contributed by atoms with Gasteiger partial charge in [-0.1, -0.05) is 0 Å². The number of nitrogens with one attached hydrogen (secondary N) is 1. The number of ether oxygens (including phenoxy) is 1. The van der Waals surface area contributed by atoms with Gasteiger partial charge in [-0.3, -0.25) is 0 Å². The van der Waals surface area contributed by atoms with Gasteiger partial charge in [0.15, 0.2) is 5.88 Å². The number of nitrogens with zero attached hydrogens (tertiary/aromatic N) is 1. The highest BCUT2D eigenvalue weighted by Crippen LogP contribution is 2.16. The predicted octanol–water partition coefficient (Wildman–Crippen LogP) is 1.62. The van der Waals surface area contributed by atoms with Crippen LogP contribution in [0.15, 0.2) is 28.9 Å². The molecule has 0 fully saturated rings. The van der Waals surface area contributed by atoms with Crippen molar-refractivity contribution >= 4 is 16.9 Å². The number of aromatic nitrogens is 1. The van der Waals surface area contributed by atoms with Gasteiger partial charge in [0.05, 0.1) is 18.3 Å². The lowest BCUT2D eigenvalue weighted by molar-refractivity contribution is 0.264. The van der Waals surface area contributed by atoms with Gasteiger partial charge in [-0.05, 0) is 17.7 Å². The molecule has 13 heavy (non-hydrogen) atoms. The third kappa shape index (κ3) is 1.72. The third-order valence-corrected chi connectivity index (χ3v) is 2.46. The quantitative estimate of drug-likeness (QED) is 0.776. The molecule has 0 atom stereocenters. The first-order chi connectivity index (χ1) is 6.40. The standard InChI is InChI=1S/C9H10N2OS/c1-12-9-3-2-7(4-10-9)8-5-13-6-11-8/h2-3,5-6,10H,4H2,1H3. The third-order valence-electron chi connectivity index (χ3n) is 1.87. The van der Waals surface area contributed by atoms with Crippen molar-refractivity contribution in [2.45, 2.75) is 0 Å². The highest BCUT2D eigenvalue weighted by molar-refractivity contribution is 7.07. The molecule has 2 rings (SSSR count). The minimum Gasteiger partial charge on any atom is -0.483 e. The Labute approximate surface area is 80.8 Å². The summed E-state index contributed by atoms with van der Waals surface area (Å²) < 4.78 is 5.04. The van der Waals surface area contributed by atoms with Crippen LogP contribution in [0.1, 0.15) is 5.69 Å². The molecule has 0 bridgehead atoms. The molecule has 0 saturated carbocycles. The summed E-state index contributed by atoms with van der Waals surface area (Å²) in [6.07, 6.45) is 3.95. The molecular formula is C9H10N2OS. The zero-order chi connectivity index (χ0) is 9.10. The zero-order valence-electron chi connectivity index (χ0n) is 7.28. The van der Waals surface area contributed by atoms with E-state index in [0.29, 0.717) is 0 Å². The van der Waals surface area contributed by atoms with Gasteiger partial charge in [-0.15, -0.1) is 11.3 Å². The van der Waals surface area contributed by atoms with Crippen LogP contribution in [0.3, 0.4) is 0 Å². The van der Waals surface area contributed by atoms with E-state index in [4.69, 9.17) is 4.74 Å². The molecule has 0 saturated heterocycles. The van der Waals surface area contributed by atoms with Crippen LogP contribution in [-0.4, -0.2) is 18.6 Å². The second-order valence-electron chi connectivity index (χ2n) is 2.65. The fourth-order valence-electron chi connectivity index (χ4n) is 1.16. The maximum absolute atomic E-state index is 5.04. The Balaban J connectivity index is 2.20. The van der Waals surface area contributed by atoms with Crippen molar-refractivity contribution in [3.63, 3.8) is 0 Å². The van der Waals surface area contributed by atoms with E-state index in [2.05, 4.69) is 10.3 Å². The van der Waals surface area contributed by atoms with E-state index in [1.165, 1.54) is 5.57 Å². The van der Waals surface area contributed by atoms with Gasteiger partial charge in [-0.25, -0.2) is 4.98 Å². The molecule has 0 unspecified atom stereocenters. The molecule has 1 aliphatic rings. The SMILES string of the molecule is COC1=CC=C(c2cscn2)CN1. The summed E-state index contributed by atoms with van der Waals surface area (Å²) in [4.78, 5) is 4.23. The lowest BCUT2D eigenvalue weighted by Crippen LogP contribution is -2.20. The van der Waals surface area contributed by atoms with Crippen LogP contribution in [-0.2, 0) is 4.74 Å². The summed E-state index contributed by atoms with van der Waals surface area (Å²) in [5, 5.41) is 5.18. The van der Waals surface area contributed by atoms with Crippen molar-refractivity contribution in [3.05, 3.63) is 34.6 Å². The van der Waals surface area contributed by atoms with E-state index in [1.807, 2.05) is 23.0 Å². The van der Waals surface area contributed by atoms with Crippen molar-refractivity contribution in [2.24, 2.45) is 0 Å². The summed E-state index contributed by atoms with van der Waals surface area (Å²) in [5.74, 6) is 0.805. The maximum Gasteiger partial charge on any atom is 0.186 e. The lowest BCUT2D eigenvalue weighted by Gasteiger charge is -2.14. The molecule has 1 N–H and O–H groups in total. The van der Waals surface area contributed by atoms with Gasteiger partial charge in [0.25, 0.3) is 0 Å². The highest BCUT2D eigenvalue weighted by atomic mass is 32.1. The van der Waals surface area contributed by atoms with Crippen molar-refractivity contribution in [2.75, 3.05) is 13.7 Å². The molecule has 3 nitrogen and oxygen atoms in total. The van der Waals surface area contributed by atoms with Crippen LogP contribution in [0.4, 0.5) is 0 Å². The van der Waals surface area contributed by atoms with E-state index in [0.717, 1.165) is 18.1 Å². The average molecular weight is 194 g/mol. The number of dihydropyridines is 1. The fourth-order valence-corrected chi connectivity index (χ4v) is 1.74. The summed E-state index contributed by atoms with van der Waals surface area (Å²) in [6, 6.07) is 0. The number of hydrogen-bond donors (Lipinski definition) is 1. The molecule has 0 aliphatic carbocycles. The predicted molar refractivity (Wildman–Crippen MR) is 53.2 cm³/mol. The number of methoxy groups -OCH3 is 1. The molecule has 0 aromatic carbocycles. The minimum atomic E-state index is 0.781. The number of rotatable bonds is 2. The van der Waals surface area contributed by atoms with Crippen molar-refractivity contribution in [3.8, 4) is 0 Å². The molecule has 1 aromatic rings. The first kappa shape index (κ1) is 8.31. The molecule has 2 heterocycles. The van der Waals surface area contributed by atoms with Gasteiger partial charge in [0, 0.05) is 11.9 Å². The Bertz CT molecular complexity index is 341. The number of allylic oxidation sites excluding steroid dienone is 2. The van der Waals surface area contributed by atoms with Crippen LogP contribution in [0.2, 0.25) is 0 Å². The first-order valence-electron chi connectivity index (χ1n) is 3.97. The average Bonchev–Trinajstić information content (AvgIpc) is 2.71. The summed E-state index contributed by atoms with van der Waals surface area (Å²) in [7, 11) is 1.65. The Kier molecular flexibility index (Phi) is 2.31. The second-order valence-corrected chi connectivity index (χ2v) is 3.37. The van der Waals surface area contributed by atoms with Crippen molar-refractivity contribution in [1.82, 2.24) is 10.3 Å². The molecule has 68 valence electrons. The van der Waals surface area contributed by atoms with Crippen LogP contribution in [0.25, 0.3) is 5.57 Å². The zero-order valence-corrected chi connectivity index (χ0v) is 8.10. The largest absolute Gasteiger partial charge is 0.483 e. The number of thiazole rings is 1. The summed E-state index contributed by atoms with van der Waals surface area (Å²) in [6.45, 7) is 0.781. The van der Waals surface area contributed by atoms with Gasteiger partial charge in [0.2, 0.25) is 0 Å². The smallest absolute Gasteiger partial charge is 0.186 e. The topological polar surface area (TPSA) is 34.1 Å². The normalized spacial score (nSPS) is 15.8.